The van der Waals surface area contributed by atoms with Crippen molar-refractivity contribution in [2.45, 2.75) is 97.1 Å². The minimum absolute atomic E-state index is 0.0776. The third-order valence-electron chi connectivity index (χ3n) is 11.0. The van der Waals surface area contributed by atoms with E-state index in [2.05, 4.69) is 26.1 Å². The molecule has 0 aromatic heterocycles. The Morgan fingerprint density at radius 3 is 2.53 bits per heavy atom. The van der Waals surface area contributed by atoms with Crippen LogP contribution in [-0.4, -0.2) is 43.4 Å². The van der Waals surface area contributed by atoms with Gasteiger partial charge in [0, 0.05) is 25.6 Å². The minimum atomic E-state index is -0.165. The maximum absolute atomic E-state index is 11.7. The maximum Gasteiger partial charge on any atom is 0.305 e. The molecule has 4 N–H and O–H groups in total. The topological polar surface area (TPSA) is 84.6 Å². The van der Waals surface area contributed by atoms with Crippen molar-refractivity contribution in [2.75, 3.05) is 20.2 Å². The average Bonchev–Trinajstić information content (AvgIpc) is 3.13. The zero-order chi connectivity index (χ0) is 23.1. The molecule has 0 heterocycles. The molecule has 4 aliphatic carbocycles. The third kappa shape index (κ3) is 4.15. The van der Waals surface area contributed by atoms with Crippen LogP contribution >= 0.6 is 0 Å². The van der Waals surface area contributed by atoms with Gasteiger partial charge in [-0.3, -0.25) is 4.79 Å². The molecule has 4 fully saturated rings. The molecular weight excluding hydrogens is 400 g/mol. The van der Waals surface area contributed by atoms with Gasteiger partial charge < -0.3 is 20.9 Å². The smallest absolute Gasteiger partial charge is 0.305 e. The second-order valence-corrected chi connectivity index (χ2v) is 12.3. The highest BCUT2D eigenvalue weighted by molar-refractivity contribution is 5.69. The van der Waals surface area contributed by atoms with Crippen molar-refractivity contribution in [1.29, 1.82) is 0 Å². The third-order valence-corrected chi connectivity index (χ3v) is 11.0. The number of aliphatic hydroxyl groups excluding tert-OH is 1. The molecule has 0 aromatic carbocycles. The van der Waals surface area contributed by atoms with Crippen molar-refractivity contribution in [3.05, 3.63) is 0 Å². The van der Waals surface area contributed by atoms with Crippen molar-refractivity contribution in [1.82, 2.24) is 5.32 Å². The summed E-state index contributed by atoms with van der Waals surface area (Å²) in [6.45, 7) is 8.99. The Morgan fingerprint density at radius 1 is 1.09 bits per heavy atom. The van der Waals surface area contributed by atoms with E-state index in [-0.39, 0.29) is 17.5 Å². The molecule has 4 saturated carbocycles. The van der Waals surface area contributed by atoms with Crippen LogP contribution in [0.25, 0.3) is 0 Å². The first kappa shape index (κ1) is 24.5. The highest BCUT2D eigenvalue weighted by atomic mass is 16.5. The van der Waals surface area contributed by atoms with E-state index in [0.717, 1.165) is 37.6 Å². The lowest BCUT2D eigenvalue weighted by atomic mass is 9.43. The number of ether oxygens (including phenoxy) is 1. The molecule has 4 rings (SSSR count). The molecule has 0 bridgehead atoms. The Kier molecular flexibility index (Phi) is 7.30. The molecule has 5 nitrogen and oxygen atoms in total. The fourth-order valence-corrected chi connectivity index (χ4v) is 9.40. The van der Waals surface area contributed by atoms with E-state index in [0.29, 0.717) is 48.1 Å². The molecule has 5 heteroatoms. The van der Waals surface area contributed by atoms with Crippen molar-refractivity contribution < 1.29 is 14.6 Å². The van der Waals surface area contributed by atoms with Crippen LogP contribution in [0.4, 0.5) is 0 Å². The summed E-state index contributed by atoms with van der Waals surface area (Å²) in [6.07, 6.45) is 11.1. The molecule has 184 valence electrons. The van der Waals surface area contributed by atoms with Gasteiger partial charge in [-0.15, -0.1) is 0 Å². The standard InChI is InChI=1S/C27H48N2O3/c1-17(5-8-25(31)32-4)20-6-7-21-19-16-24(30)23-15-18(29-14-13-28)9-11-27(23,3)22(19)10-12-26(20,21)2/h17-24,29-30H,5-16,28H2,1-4H3/t17?,18-,19?,20-,21?,22?,23-,24-,26-,27-/m1/s1. The molecule has 0 saturated heterocycles. The lowest BCUT2D eigenvalue weighted by molar-refractivity contribution is -0.162. The van der Waals surface area contributed by atoms with E-state index in [4.69, 9.17) is 10.5 Å². The number of carbonyl (C=O) groups excluding carboxylic acids is 1. The molecular formula is C27H48N2O3. The van der Waals surface area contributed by atoms with E-state index >= 15 is 0 Å². The van der Waals surface area contributed by atoms with Crippen LogP contribution in [-0.2, 0) is 9.53 Å². The predicted octanol–water partition coefficient (Wildman–Crippen LogP) is 4.12. The van der Waals surface area contributed by atoms with Gasteiger partial charge in [0.1, 0.15) is 0 Å². The van der Waals surface area contributed by atoms with Crippen LogP contribution in [0.5, 0.6) is 0 Å². The molecule has 32 heavy (non-hydrogen) atoms. The number of methoxy groups -OCH3 is 1. The van der Waals surface area contributed by atoms with Crippen LogP contribution in [0.15, 0.2) is 0 Å². The first-order valence-corrected chi connectivity index (χ1v) is 13.4. The predicted molar refractivity (Wildman–Crippen MR) is 128 cm³/mol. The van der Waals surface area contributed by atoms with Gasteiger partial charge in [-0.2, -0.15) is 0 Å². The van der Waals surface area contributed by atoms with Gasteiger partial charge in [-0.25, -0.2) is 0 Å². The van der Waals surface area contributed by atoms with E-state index in [1.807, 2.05) is 0 Å². The van der Waals surface area contributed by atoms with Gasteiger partial charge in [0.15, 0.2) is 0 Å². The van der Waals surface area contributed by atoms with Crippen molar-refractivity contribution in [3.8, 4) is 0 Å². The summed E-state index contributed by atoms with van der Waals surface area (Å²) in [5.74, 6) is 3.75. The number of esters is 1. The first-order valence-electron chi connectivity index (χ1n) is 13.4. The number of rotatable bonds is 7. The number of nitrogens with one attached hydrogen (secondary N) is 1. The van der Waals surface area contributed by atoms with Gasteiger partial charge in [0.05, 0.1) is 13.2 Å². The number of carbonyl (C=O) groups is 1. The lowest BCUT2D eigenvalue weighted by Crippen LogP contribution is -2.59. The van der Waals surface area contributed by atoms with E-state index < -0.39 is 0 Å². The molecule has 0 amide bonds. The molecule has 10 atom stereocenters. The monoisotopic (exact) mass is 448 g/mol. The average molecular weight is 449 g/mol. The Labute approximate surface area is 195 Å². The zero-order valence-corrected chi connectivity index (χ0v) is 20.9. The zero-order valence-electron chi connectivity index (χ0n) is 20.9. The van der Waals surface area contributed by atoms with E-state index in [1.54, 1.807) is 0 Å². The molecule has 4 aliphatic rings. The number of hydrogen-bond acceptors (Lipinski definition) is 5. The Hall–Kier alpha value is -0.650. The lowest BCUT2D eigenvalue weighted by Gasteiger charge is -2.62. The largest absolute Gasteiger partial charge is 0.469 e. The number of fused-ring (bicyclic) bond motifs is 5. The Bertz CT molecular complexity index is 671. The van der Waals surface area contributed by atoms with E-state index in [9.17, 15) is 9.90 Å². The second-order valence-electron chi connectivity index (χ2n) is 12.3. The van der Waals surface area contributed by atoms with Crippen molar-refractivity contribution in [3.63, 3.8) is 0 Å². The summed E-state index contributed by atoms with van der Waals surface area (Å²) in [7, 11) is 1.49. The summed E-state index contributed by atoms with van der Waals surface area (Å²) < 4.78 is 4.89. The minimum Gasteiger partial charge on any atom is -0.469 e. The summed E-state index contributed by atoms with van der Waals surface area (Å²) in [6, 6.07) is 0.517. The van der Waals surface area contributed by atoms with Gasteiger partial charge >= 0.3 is 5.97 Å². The summed E-state index contributed by atoms with van der Waals surface area (Å²) in [5.41, 5.74) is 6.36. The highest BCUT2D eigenvalue weighted by Crippen LogP contribution is 2.68. The van der Waals surface area contributed by atoms with Crippen LogP contribution in [0.2, 0.25) is 0 Å². The van der Waals surface area contributed by atoms with Crippen LogP contribution < -0.4 is 11.1 Å². The van der Waals surface area contributed by atoms with Crippen molar-refractivity contribution in [2.24, 2.45) is 52.1 Å². The second kappa shape index (κ2) is 9.54. The van der Waals surface area contributed by atoms with Crippen LogP contribution in [0, 0.1) is 46.3 Å². The van der Waals surface area contributed by atoms with Gasteiger partial charge in [-0.05, 0) is 104 Å². The van der Waals surface area contributed by atoms with E-state index in [1.165, 1.54) is 45.6 Å². The number of nitrogens with two attached hydrogens (primary N) is 1. The molecule has 4 unspecified atom stereocenters. The van der Waals surface area contributed by atoms with Crippen LogP contribution in [0.1, 0.15) is 85.0 Å². The molecule has 0 aromatic rings. The van der Waals surface area contributed by atoms with Gasteiger partial charge in [-0.1, -0.05) is 20.8 Å². The number of aliphatic hydroxyl groups is 1. The highest BCUT2D eigenvalue weighted by Gasteiger charge is 2.62. The molecule has 0 aliphatic heterocycles. The van der Waals surface area contributed by atoms with Gasteiger partial charge in [0.25, 0.3) is 0 Å². The molecule has 0 radical (unpaired) electrons. The maximum atomic E-state index is 11.7. The summed E-state index contributed by atoms with van der Waals surface area (Å²) >= 11 is 0. The van der Waals surface area contributed by atoms with Crippen LogP contribution in [0.3, 0.4) is 0 Å². The van der Waals surface area contributed by atoms with Gasteiger partial charge in [0.2, 0.25) is 0 Å². The first-order chi connectivity index (χ1) is 15.2. The summed E-state index contributed by atoms with van der Waals surface area (Å²) in [4.78, 5) is 11.7. The summed E-state index contributed by atoms with van der Waals surface area (Å²) in [5, 5.41) is 15.0. The Morgan fingerprint density at radius 2 is 1.81 bits per heavy atom. The SMILES string of the molecule is COC(=O)CCC(C)[C@H]1CCC2C3C[C@@H](O)[C@H]4C[C@H](NCCN)CC[C@]4(C)C3CC[C@@]21C. The van der Waals surface area contributed by atoms with Crippen molar-refractivity contribution >= 4 is 5.97 Å². The molecule has 0 spiro atoms. The number of hydrogen-bond donors (Lipinski definition) is 3. The fraction of sp³-hybridized carbons (Fsp3) is 0.963. The quantitative estimate of drug-likeness (QED) is 0.510. The Balaban J connectivity index is 1.47. The fourth-order valence-electron chi connectivity index (χ4n) is 9.40. The normalized spacial score (nSPS) is 46.6.